The predicted octanol–water partition coefficient (Wildman–Crippen LogP) is 3.36. The van der Waals surface area contributed by atoms with Crippen molar-refractivity contribution in [1.29, 1.82) is 0 Å². The molecule has 3 rings (SSSR count). The van der Waals surface area contributed by atoms with Gasteiger partial charge in [0, 0.05) is 23.4 Å². The van der Waals surface area contributed by atoms with Crippen LogP contribution >= 0.6 is 0 Å². The van der Waals surface area contributed by atoms with Gasteiger partial charge in [-0.05, 0) is 6.07 Å². The largest absolute Gasteiger partial charge is 0.493 e. The van der Waals surface area contributed by atoms with Gasteiger partial charge in [-0.15, -0.1) is 0 Å². The Morgan fingerprint density at radius 1 is 1.15 bits per heavy atom. The van der Waals surface area contributed by atoms with Gasteiger partial charge >= 0.3 is 5.97 Å². The van der Waals surface area contributed by atoms with E-state index >= 15 is 0 Å². The number of carbonyl (C=O) groups is 2. The van der Waals surface area contributed by atoms with Gasteiger partial charge in [0.05, 0.1) is 20.6 Å². The van der Waals surface area contributed by atoms with Crippen molar-refractivity contribution >= 4 is 17.6 Å². The molecule has 1 aliphatic heterocycles. The van der Waals surface area contributed by atoms with E-state index in [0.717, 1.165) is 0 Å². The summed E-state index contributed by atoms with van der Waals surface area (Å²) in [7, 11) is 2.78. The second-order valence-corrected chi connectivity index (χ2v) is 5.67. The fraction of sp³-hybridized carbons (Fsp3) is 0.222. The van der Waals surface area contributed by atoms with Gasteiger partial charge in [-0.2, -0.15) is 0 Å². The minimum Gasteiger partial charge on any atom is -0.493 e. The van der Waals surface area contributed by atoms with Crippen molar-refractivity contribution < 1.29 is 37.0 Å². The maximum Gasteiger partial charge on any atom is 0.343 e. The Bertz CT molecular complexity index is 908. The molecule has 0 radical (unpaired) electrons. The number of cyclic esters (lactones) is 1. The first-order chi connectivity index (χ1) is 12.8. The quantitative estimate of drug-likeness (QED) is 0.635. The van der Waals surface area contributed by atoms with E-state index in [1.54, 1.807) is 12.1 Å². The van der Waals surface area contributed by atoms with Crippen molar-refractivity contribution in [3.05, 3.63) is 52.8 Å². The fourth-order valence-electron chi connectivity index (χ4n) is 2.83. The highest BCUT2D eigenvalue weighted by molar-refractivity contribution is 5.99. The van der Waals surface area contributed by atoms with Crippen LogP contribution < -0.4 is 14.8 Å². The summed E-state index contributed by atoms with van der Waals surface area (Å²) in [4.78, 5) is 24.3. The van der Waals surface area contributed by atoms with Crippen molar-refractivity contribution in [1.82, 2.24) is 0 Å². The van der Waals surface area contributed by atoms with Gasteiger partial charge < -0.3 is 19.5 Å². The van der Waals surface area contributed by atoms with Crippen LogP contribution in [0.4, 0.5) is 18.9 Å². The number of hydrogen-bond donors (Lipinski definition) is 1. The molecule has 2 aromatic carbocycles. The summed E-state index contributed by atoms with van der Waals surface area (Å²) < 4.78 is 55.0. The standard InChI is InChI=1S/C18H14F3NO5/c1-25-12-4-3-9-13(27-18(24)15(9)17(12)26-2)7-14(23)22-8-5-10(19)16(21)11(20)6-8/h3-6,13H,7H2,1-2H3,(H,22,23)/t13-/m1/s1. The molecule has 1 atom stereocenters. The molecule has 2 aromatic rings. The molecule has 1 aliphatic rings. The van der Waals surface area contributed by atoms with Crippen LogP contribution in [0.3, 0.4) is 0 Å². The molecule has 0 saturated carbocycles. The van der Waals surface area contributed by atoms with E-state index in [2.05, 4.69) is 5.32 Å². The normalized spacial score (nSPS) is 15.1. The Morgan fingerprint density at radius 3 is 2.41 bits per heavy atom. The number of carbonyl (C=O) groups excluding carboxylic acids is 2. The summed E-state index contributed by atoms with van der Waals surface area (Å²) in [5.74, 6) is -5.34. The van der Waals surface area contributed by atoms with Gasteiger partial charge in [0.2, 0.25) is 5.91 Å². The first kappa shape index (κ1) is 18.6. The first-order valence-corrected chi connectivity index (χ1v) is 7.76. The van der Waals surface area contributed by atoms with Gasteiger partial charge in [-0.3, -0.25) is 4.79 Å². The van der Waals surface area contributed by atoms with E-state index in [4.69, 9.17) is 14.2 Å². The molecule has 1 N–H and O–H groups in total. The fourth-order valence-corrected chi connectivity index (χ4v) is 2.83. The van der Waals surface area contributed by atoms with Crippen molar-refractivity contribution in [3.63, 3.8) is 0 Å². The molecular weight excluding hydrogens is 367 g/mol. The average molecular weight is 381 g/mol. The number of halogens is 3. The average Bonchev–Trinajstić information content (AvgIpc) is 2.94. The van der Waals surface area contributed by atoms with Crippen LogP contribution in [0.2, 0.25) is 0 Å². The van der Waals surface area contributed by atoms with E-state index in [0.29, 0.717) is 23.4 Å². The molecule has 0 bridgehead atoms. The van der Waals surface area contributed by atoms with Crippen LogP contribution in [0, 0.1) is 17.5 Å². The van der Waals surface area contributed by atoms with Gasteiger partial charge in [-0.1, -0.05) is 6.07 Å². The summed E-state index contributed by atoms with van der Waals surface area (Å²) >= 11 is 0. The van der Waals surface area contributed by atoms with E-state index in [-0.39, 0.29) is 23.4 Å². The van der Waals surface area contributed by atoms with E-state index < -0.39 is 35.4 Å². The second-order valence-electron chi connectivity index (χ2n) is 5.67. The Balaban J connectivity index is 1.80. The lowest BCUT2D eigenvalue weighted by molar-refractivity contribution is -0.118. The van der Waals surface area contributed by atoms with Crippen LogP contribution in [-0.4, -0.2) is 26.1 Å². The lowest BCUT2D eigenvalue weighted by Gasteiger charge is -2.13. The predicted molar refractivity (Wildman–Crippen MR) is 87.3 cm³/mol. The molecule has 0 spiro atoms. The number of amides is 1. The first-order valence-electron chi connectivity index (χ1n) is 7.76. The summed E-state index contributed by atoms with van der Waals surface area (Å²) in [6.07, 6.45) is -1.23. The highest BCUT2D eigenvalue weighted by atomic mass is 19.2. The second kappa shape index (κ2) is 7.18. The monoisotopic (exact) mass is 381 g/mol. The van der Waals surface area contributed by atoms with Gasteiger partial charge in [0.1, 0.15) is 11.7 Å². The number of hydrogen-bond acceptors (Lipinski definition) is 5. The Kier molecular flexibility index (Phi) is 4.93. The minimum absolute atomic E-state index is 0.147. The number of esters is 1. The van der Waals surface area contributed by atoms with Gasteiger partial charge in [0.15, 0.2) is 29.0 Å². The number of methoxy groups -OCH3 is 2. The van der Waals surface area contributed by atoms with Crippen molar-refractivity contribution in [2.75, 3.05) is 19.5 Å². The molecule has 6 nitrogen and oxygen atoms in total. The van der Waals surface area contributed by atoms with Gasteiger partial charge in [-0.25, -0.2) is 18.0 Å². The number of anilines is 1. The summed E-state index contributed by atoms with van der Waals surface area (Å²) in [6, 6.07) is 4.43. The highest BCUT2D eigenvalue weighted by Gasteiger charge is 2.36. The number of nitrogens with one attached hydrogen (secondary N) is 1. The Hall–Kier alpha value is -3.23. The molecule has 1 heterocycles. The highest BCUT2D eigenvalue weighted by Crippen LogP contribution is 2.43. The maximum atomic E-state index is 13.2. The lowest BCUT2D eigenvalue weighted by atomic mass is 10.0. The number of benzene rings is 2. The maximum absolute atomic E-state index is 13.2. The van der Waals surface area contributed by atoms with Crippen LogP contribution in [0.1, 0.15) is 28.4 Å². The van der Waals surface area contributed by atoms with Crippen molar-refractivity contribution in [2.24, 2.45) is 0 Å². The van der Waals surface area contributed by atoms with Crippen LogP contribution in [-0.2, 0) is 9.53 Å². The van der Waals surface area contributed by atoms with E-state index in [9.17, 15) is 22.8 Å². The molecule has 0 aliphatic carbocycles. The summed E-state index contributed by atoms with van der Waals surface area (Å²) in [5, 5.41) is 2.24. The Labute approximate surface area is 151 Å². The zero-order valence-electron chi connectivity index (χ0n) is 14.3. The molecule has 142 valence electrons. The van der Waals surface area contributed by atoms with Crippen molar-refractivity contribution in [3.8, 4) is 11.5 Å². The van der Waals surface area contributed by atoms with E-state index in [1.165, 1.54) is 14.2 Å². The molecule has 0 saturated heterocycles. The molecule has 0 unspecified atom stereocenters. The number of rotatable bonds is 5. The number of fused-ring (bicyclic) bond motifs is 1. The number of ether oxygens (including phenoxy) is 3. The third-order valence-corrected chi connectivity index (χ3v) is 4.02. The molecule has 9 heteroatoms. The zero-order chi connectivity index (χ0) is 19.7. The third kappa shape index (κ3) is 3.40. The minimum atomic E-state index is -1.63. The summed E-state index contributed by atoms with van der Waals surface area (Å²) in [6.45, 7) is 0. The molecule has 0 aromatic heterocycles. The SMILES string of the molecule is COc1ccc2c(c1OC)C(=O)O[C@@H]2CC(=O)Nc1cc(F)c(F)c(F)c1. The van der Waals surface area contributed by atoms with Crippen LogP contribution in [0.15, 0.2) is 24.3 Å². The molecule has 0 fully saturated rings. The molecule has 1 amide bonds. The van der Waals surface area contributed by atoms with E-state index in [1.807, 2.05) is 0 Å². The smallest absolute Gasteiger partial charge is 0.343 e. The van der Waals surface area contributed by atoms with Gasteiger partial charge in [0.25, 0.3) is 0 Å². The van der Waals surface area contributed by atoms with Crippen LogP contribution in [0.25, 0.3) is 0 Å². The summed E-state index contributed by atoms with van der Waals surface area (Å²) in [5.41, 5.74) is 0.311. The van der Waals surface area contributed by atoms with Crippen LogP contribution in [0.5, 0.6) is 11.5 Å². The molecule has 27 heavy (non-hydrogen) atoms. The zero-order valence-corrected chi connectivity index (χ0v) is 14.3. The molecular formula is C18H14F3NO5. The topological polar surface area (TPSA) is 73.9 Å². The Morgan fingerprint density at radius 2 is 1.81 bits per heavy atom. The lowest BCUT2D eigenvalue weighted by Crippen LogP contribution is -2.16. The third-order valence-electron chi connectivity index (χ3n) is 4.02. The van der Waals surface area contributed by atoms with Crippen molar-refractivity contribution in [2.45, 2.75) is 12.5 Å².